The Hall–Kier alpha value is -1.51. The zero-order valence-corrected chi connectivity index (χ0v) is 18.4. The van der Waals surface area contributed by atoms with E-state index in [9.17, 15) is 4.79 Å². The lowest BCUT2D eigenvalue weighted by Crippen LogP contribution is -2.45. The summed E-state index contributed by atoms with van der Waals surface area (Å²) in [6.07, 6.45) is 1.97. The van der Waals surface area contributed by atoms with Gasteiger partial charge in [-0.3, -0.25) is 4.99 Å². The van der Waals surface area contributed by atoms with Gasteiger partial charge in [0.15, 0.2) is 5.96 Å². The van der Waals surface area contributed by atoms with E-state index in [1.807, 2.05) is 51.1 Å². The highest BCUT2D eigenvalue weighted by molar-refractivity contribution is 14.0. The third-order valence-electron chi connectivity index (χ3n) is 3.97. The van der Waals surface area contributed by atoms with E-state index in [0.29, 0.717) is 6.54 Å². The van der Waals surface area contributed by atoms with E-state index in [1.54, 1.807) is 7.05 Å². The van der Waals surface area contributed by atoms with Crippen molar-refractivity contribution >= 4 is 36.0 Å². The number of hydrogen-bond donors (Lipinski definition) is 2. The molecule has 0 aromatic heterocycles. The lowest BCUT2D eigenvalue weighted by atomic mass is 10.1. The number of hydrogen-bond acceptors (Lipinski definition) is 3. The van der Waals surface area contributed by atoms with E-state index in [1.165, 1.54) is 12.8 Å². The summed E-state index contributed by atoms with van der Waals surface area (Å²) in [6, 6.07) is 9.70. The van der Waals surface area contributed by atoms with Crippen molar-refractivity contribution < 1.29 is 9.53 Å². The van der Waals surface area contributed by atoms with Gasteiger partial charge in [0, 0.05) is 26.7 Å². The number of halogens is 1. The molecule has 1 aromatic carbocycles. The number of benzene rings is 1. The standard InChI is InChI=1S/C19H30N4O2.HI/c1-19(2,3)25-18(24)22-16(15-10-6-5-7-11-15)14-21-17(20-4)23-12-8-9-13-23;/h5-7,10-11,16H,8-9,12-14H2,1-4H3,(H,20,21)(H,22,24);1H. The van der Waals surface area contributed by atoms with Crippen molar-refractivity contribution in [2.75, 3.05) is 26.7 Å². The molecule has 1 amide bonds. The molecular formula is C19H31IN4O2. The number of nitrogens with one attached hydrogen (secondary N) is 2. The number of carbonyl (C=O) groups is 1. The first kappa shape index (κ1) is 22.5. The number of nitrogens with zero attached hydrogens (tertiary/aromatic N) is 2. The molecule has 7 heteroatoms. The van der Waals surface area contributed by atoms with Crippen molar-refractivity contribution in [2.24, 2.45) is 4.99 Å². The molecule has 0 saturated carbocycles. The molecule has 0 bridgehead atoms. The Morgan fingerprint density at radius 2 is 1.85 bits per heavy atom. The Morgan fingerprint density at radius 1 is 1.23 bits per heavy atom. The molecule has 0 radical (unpaired) electrons. The quantitative estimate of drug-likeness (QED) is 0.398. The number of rotatable bonds is 4. The normalized spacial score (nSPS) is 15.8. The first-order valence-corrected chi connectivity index (χ1v) is 8.89. The second-order valence-electron chi connectivity index (χ2n) is 7.23. The highest BCUT2D eigenvalue weighted by Crippen LogP contribution is 2.15. The predicted molar refractivity (Wildman–Crippen MR) is 116 cm³/mol. The molecule has 1 fully saturated rings. The average molecular weight is 474 g/mol. The van der Waals surface area contributed by atoms with Crippen LogP contribution in [0.1, 0.15) is 45.2 Å². The minimum Gasteiger partial charge on any atom is -0.444 e. The van der Waals surface area contributed by atoms with E-state index in [2.05, 4.69) is 20.5 Å². The van der Waals surface area contributed by atoms with E-state index in [4.69, 9.17) is 4.74 Å². The molecule has 1 saturated heterocycles. The van der Waals surface area contributed by atoms with Gasteiger partial charge in [0.1, 0.15) is 5.60 Å². The molecule has 2 rings (SSSR count). The molecule has 0 aliphatic carbocycles. The number of ether oxygens (including phenoxy) is 1. The Bertz CT molecular complexity index is 581. The van der Waals surface area contributed by atoms with Crippen molar-refractivity contribution in [3.05, 3.63) is 35.9 Å². The fourth-order valence-corrected chi connectivity index (χ4v) is 2.84. The van der Waals surface area contributed by atoms with Crippen molar-refractivity contribution in [2.45, 2.75) is 45.3 Å². The lowest BCUT2D eigenvalue weighted by molar-refractivity contribution is 0.0504. The smallest absolute Gasteiger partial charge is 0.408 e. The van der Waals surface area contributed by atoms with Crippen LogP contribution in [0.5, 0.6) is 0 Å². The summed E-state index contributed by atoms with van der Waals surface area (Å²) >= 11 is 0. The Morgan fingerprint density at radius 3 is 2.38 bits per heavy atom. The fraction of sp³-hybridized carbons (Fsp3) is 0.579. The van der Waals surface area contributed by atoms with Crippen LogP contribution in [0.2, 0.25) is 0 Å². The van der Waals surface area contributed by atoms with Crippen LogP contribution in [0.4, 0.5) is 4.79 Å². The third-order valence-corrected chi connectivity index (χ3v) is 3.97. The SMILES string of the molecule is CN=C(NCC(NC(=O)OC(C)(C)C)c1ccccc1)N1CCCC1.I. The maximum Gasteiger partial charge on any atom is 0.408 e. The highest BCUT2D eigenvalue weighted by atomic mass is 127. The van der Waals surface area contributed by atoms with Gasteiger partial charge in [-0.2, -0.15) is 0 Å². The van der Waals surface area contributed by atoms with Crippen LogP contribution >= 0.6 is 24.0 Å². The lowest BCUT2D eigenvalue weighted by Gasteiger charge is -2.26. The third kappa shape index (κ3) is 7.39. The van der Waals surface area contributed by atoms with Crippen LogP contribution in [0, 0.1) is 0 Å². The molecule has 1 unspecified atom stereocenters. The monoisotopic (exact) mass is 474 g/mol. The summed E-state index contributed by atoms with van der Waals surface area (Å²) in [5.41, 5.74) is 0.502. The molecule has 1 heterocycles. The van der Waals surface area contributed by atoms with E-state index in [0.717, 1.165) is 24.6 Å². The number of guanidine groups is 1. The molecule has 1 aliphatic heterocycles. The molecule has 26 heavy (non-hydrogen) atoms. The first-order valence-electron chi connectivity index (χ1n) is 8.89. The van der Waals surface area contributed by atoms with Gasteiger partial charge in [0.2, 0.25) is 0 Å². The Kier molecular flexibility index (Phi) is 9.18. The van der Waals surface area contributed by atoms with Gasteiger partial charge >= 0.3 is 6.09 Å². The second-order valence-corrected chi connectivity index (χ2v) is 7.23. The van der Waals surface area contributed by atoms with Crippen LogP contribution in [0.25, 0.3) is 0 Å². The van der Waals surface area contributed by atoms with Gasteiger partial charge in [0.05, 0.1) is 6.04 Å². The number of amides is 1. The topological polar surface area (TPSA) is 66.0 Å². The molecule has 2 N–H and O–H groups in total. The first-order chi connectivity index (χ1) is 11.9. The summed E-state index contributed by atoms with van der Waals surface area (Å²) < 4.78 is 5.40. The molecule has 1 atom stereocenters. The van der Waals surface area contributed by atoms with Crippen LogP contribution in [0.15, 0.2) is 35.3 Å². The molecule has 1 aromatic rings. The van der Waals surface area contributed by atoms with E-state index >= 15 is 0 Å². The van der Waals surface area contributed by atoms with Crippen LogP contribution in [-0.4, -0.2) is 49.2 Å². The van der Waals surface area contributed by atoms with Gasteiger partial charge in [0.25, 0.3) is 0 Å². The van der Waals surface area contributed by atoms with Crippen LogP contribution < -0.4 is 10.6 Å². The average Bonchev–Trinajstić information content (AvgIpc) is 3.08. The Balaban J connectivity index is 0.00000338. The molecule has 6 nitrogen and oxygen atoms in total. The summed E-state index contributed by atoms with van der Waals surface area (Å²) in [5, 5.41) is 6.35. The number of alkyl carbamates (subject to hydrolysis) is 1. The summed E-state index contributed by atoms with van der Waals surface area (Å²) in [5.74, 6) is 0.879. The van der Waals surface area contributed by atoms with Crippen LogP contribution in [-0.2, 0) is 4.74 Å². The molecular weight excluding hydrogens is 443 g/mol. The summed E-state index contributed by atoms with van der Waals surface area (Å²) in [7, 11) is 1.79. The van der Waals surface area contributed by atoms with Gasteiger partial charge in [-0.25, -0.2) is 4.79 Å². The Labute approximate surface area is 173 Å². The van der Waals surface area contributed by atoms with Gasteiger partial charge in [-0.05, 0) is 39.2 Å². The zero-order valence-electron chi connectivity index (χ0n) is 16.1. The zero-order chi connectivity index (χ0) is 18.3. The van der Waals surface area contributed by atoms with Gasteiger partial charge < -0.3 is 20.3 Å². The summed E-state index contributed by atoms with van der Waals surface area (Å²) in [4.78, 5) is 18.8. The van der Waals surface area contributed by atoms with Crippen molar-refractivity contribution in [3.8, 4) is 0 Å². The minimum absolute atomic E-state index is 0. The maximum absolute atomic E-state index is 12.2. The van der Waals surface area contributed by atoms with Crippen LogP contribution in [0.3, 0.4) is 0 Å². The number of carbonyl (C=O) groups excluding carboxylic acids is 1. The fourth-order valence-electron chi connectivity index (χ4n) is 2.84. The molecule has 0 spiro atoms. The van der Waals surface area contributed by atoms with Gasteiger partial charge in [-0.15, -0.1) is 24.0 Å². The molecule has 1 aliphatic rings. The van der Waals surface area contributed by atoms with E-state index in [-0.39, 0.29) is 30.0 Å². The highest BCUT2D eigenvalue weighted by Gasteiger charge is 2.22. The maximum atomic E-state index is 12.2. The summed E-state index contributed by atoms with van der Waals surface area (Å²) in [6.45, 7) is 8.17. The van der Waals surface area contributed by atoms with E-state index < -0.39 is 11.7 Å². The van der Waals surface area contributed by atoms with Crippen molar-refractivity contribution in [3.63, 3.8) is 0 Å². The van der Waals surface area contributed by atoms with Crippen molar-refractivity contribution in [1.29, 1.82) is 0 Å². The minimum atomic E-state index is -0.523. The van der Waals surface area contributed by atoms with Gasteiger partial charge in [-0.1, -0.05) is 30.3 Å². The molecule has 146 valence electrons. The number of likely N-dealkylation sites (tertiary alicyclic amines) is 1. The number of aliphatic imine (C=N–C) groups is 1. The predicted octanol–water partition coefficient (Wildman–Crippen LogP) is 3.54. The largest absolute Gasteiger partial charge is 0.444 e. The van der Waals surface area contributed by atoms with Crippen molar-refractivity contribution in [1.82, 2.24) is 15.5 Å². The second kappa shape index (κ2) is 10.6.